The van der Waals surface area contributed by atoms with Crippen molar-refractivity contribution >= 4 is 0 Å². The molecule has 0 aromatic heterocycles. The number of hydrogen-bond acceptors (Lipinski definition) is 2. The van der Waals surface area contributed by atoms with Crippen LogP contribution in [0.4, 0.5) is 0 Å². The molecule has 0 rings (SSSR count). The Kier molecular flexibility index (Phi) is 52.9. The Labute approximate surface area is 71.4 Å². The van der Waals surface area contributed by atoms with Crippen molar-refractivity contribution in [1.29, 1.82) is 0 Å². The van der Waals surface area contributed by atoms with Gasteiger partial charge < -0.3 is 5.43 Å². The summed E-state index contributed by atoms with van der Waals surface area (Å²) < 4.78 is 0. The highest BCUT2D eigenvalue weighted by Crippen LogP contribution is 1.52. The molecule has 2 nitrogen and oxygen atoms in total. The molecule has 0 saturated heterocycles. The second kappa shape index (κ2) is 34.9. The maximum Gasteiger partial charge on any atom is 0.0326 e. The molecule has 2 N–H and O–H groups in total. The van der Waals surface area contributed by atoms with E-state index in [1.165, 1.54) is 0 Å². The molecule has 0 radical (unpaired) electrons. The summed E-state index contributed by atoms with van der Waals surface area (Å²) in [6.07, 6.45) is 3.33. The van der Waals surface area contributed by atoms with Crippen molar-refractivity contribution < 1.29 is 0 Å². The van der Waals surface area contributed by atoms with Gasteiger partial charge in [-0.2, -0.15) is 0 Å². The molecule has 0 unspecified atom stereocenters. The summed E-state index contributed by atoms with van der Waals surface area (Å²) in [5.74, 6) is 0. The normalized spacial score (nSPS) is 5.82. The van der Waals surface area contributed by atoms with E-state index >= 15 is 0 Å². The topological polar surface area (TPSA) is 24.1 Å². The van der Waals surface area contributed by atoms with E-state index in [-0.39, 0.29) is 0 Å². The average Bonchev–Trinajstić information content (AvgIpc) is 2.13. The predicted octanol–water partition coefficient (Wildman–Crippen LogP) is 2.46. The van der Waals surface area contributed by atoms with Crippen LogP contribution in [-0.4, -0.2) is 6.54 Å². The van der Waals surface area contributed by atoms with Gasteiger partial charge in [0.15, 0.2) is 0 Å². The van der Waals surface area contributed by atoms with E-state index in [1.807, 2.05) is 27.7 Å². The largest absolute Gasteiger partial charge is 0.329 e. The third-order valence-corrected chi connectivity index (χ3v) is 0.451. The second-order valence-corrected chi connectivity index (χ2v) is 1.02. The van der Waals surface area contributed by atoms with Crippen molar-refractivity contribution in [3.63, 3.8) is 0 Å². The molecule has 0 aromatic rings. The Morgan fingerprint density at radius 1 is 1.09 bits per heavy atom. The van der Waals surface area contributed by atoms with Gasteiger partial charge in [0, 0.05) is 12.7 Å². The smallest absolute Gasteiger partial charge is 0.0326 e. The number of rotatable bonds is 4. The van der Waals surface area contributed by atoms with E-state index in [0.29, 0.717) is 0 Å². The summed E-state index contributed by atoms with van der Waals surface area (Å²) in [5, 5.41) is 0. The number of nitrogens with one attached hydrogen (secondary N) is 2. The third kappa shape index (κ3) is 46.1. The monoisotopic (exact) mass is 158 g/mol. The summed E-state index contributed by atoms with van der Waals surface area (Å²) in [6, 6.07) is 0. The van der Waals surface area contributed by atoms with Crippen molar-refractivity contribution in [2.45, 2.75) is 27.7 Å². The molecular weight excluding hydrogens is 136 g/mol. The summed E-state index contributed by atoms with van der Waals surface area (Å²) >= 11 is 0. The van der Waals surface area contributed by atoms with Gasteiger partial charge in [-0.25, -0.2) is 5.43 Å². The molecule has 0 aliphatic heterocycles. The Morgan fingerprint density at radius 2 is 1.55 bits per heavy atom. The lowest BCUT2D eigenvalue weighted by atomic mass is 10.7. The first-order valence-electron chi connectivity index (χ1n) is 4.12. The predicted molar refractivity (Wildman–Crippen MR) is 54.2 cm³/mol. The SMILES string of the molecule is C=CCNNC=C.CC.CC. The first-order valence-corrected chi connectivity index (χ1v) is 4.12. The summed E-state index contributed by atoms with van der Waals surface area (Å²) in [7, 11) is 0. The molecule has 11 heavy (non-hydrogen) atoms. The molecule has 0 atom stereocenters. The molecule has 68 valence electrons. The van der Waals surface area contributed by atoms with Gasteiger partial charge in [0.2, 0.25) is 0 Å². The first-order chi connectivity index (χ1) is 5.41. The van der Waals surface area contributed by atoms with Gasteiger partial charge in [0.1, 0.15) is 0 Å². The van der Waals surface area contributed by atoms with Crippen LogP contribution in [0.15, 0.2) is 25.4 Å². The zero-order valence-corrected chi connectivity index (χ0v) is 8.28. The lowest BCUT2D eigenvalue weighted by Gasteiger charge is -1.95. The van der Waals surface area contributed by atoms with Crippen LogP contribution in [-0.2, 0) is 0 Å². The summed E-state index contributed by atoms with van der Waals surface area (Å²) in [6.45, 7) is 15.7. The molecule has 0 fully saturated rings. The van der Waals surface area contributed by atoms with Crippen molar-refractivity contribution in [3.05, 3.63) is 25.4 Å². The minimum atomic E-state index is 0.756. The highest BCUT2D eigenvalue weighted by Gasteiger charge is 1.65. The van der Waals surface area contributed by atoms with Gasteiger partial charge in [-0.05, 0) is 0 Å². The minimum absolute atomic E-state index is 0.756. The van der Waals surface area contributed by atoms with E-state index in [2.05, 4.69) is 24.0 Å². The zero-order chi connectivity index (χ0) is 9.54. The van der Waals surface area contributed by atoms with Gasteiger partial charge in [0.05, 0.1) is 0 Å². The van der Waals surface area contributed by atoms with E-state index < -0.39 is 0 Å². The van der Waals surface area contributed by atoms with Crippen LogP contribution < -0.4 is 10.9 Å². The lowest BCUT2D eigenvalue weighted by molar-refractivity contribution is 0.684. The molecule has 0 spiro atoms. The Bertz CT molecular complexity index is 52.6. The number of hydrazine groups is 1. The molecule has 2 heteroatoms. The Hall–Kier alpha value is -0.760. The first kappa shape index (κ1) is 16.7. The van der Waals surface area contributed by atoms with Crippen LogP contribution in [0, 0.1) is 0 Å². The van der Waals surface area contributed by atoms with Crippen LogP contribution in [0.1, 0.15) is 27.7 Å². The Balaban J connectivity index is -0.000000138. The molecular formula is C9H22N2. The van der Waals surface area contributed by atoms with Gasteiger partial charge in [-0.15, -0.1) is 6.58 Å². The van der Waals surface area contributed by atoms with Crippen molar-refractivity contribution in [1.82, 2.24) is 10.9 Å². The van der Waals surface area contributed by atoms with Crippen LogP contribution in [0.5, 0.6) is 0 Å². The third-order valence-electron chi connectivity index (χ3n) is 0.451. The highest BCUT2D eigenvalue weighted by atomic mass is 15.3. The summed E-state index contributed by atoms with van der Waals surface area (Å²) in [4.78, 5) is 0. The van der Waals surface area contributed by atoms with E-state index in [9.17, 15) is 0 Å². The van der Waals surface area contributed by atoms with Crippen LogP contribution in [0.3, 0.4) is 0 Å². The fraction of sp³-hybridized carbons (Fsp3) is 0.556. The second-order valence-electron chi connectivity index (χ2n) is 1.02. The number of hydrogen-bond donors (Lipinski definition) is 2. The standard InChI is InChI=1S/C5H10N2.2C2H6/c1-3-5-7-6-4-2;2*1-2/h3-4,6-7H,1-2,5H2;2*1-2H3. The molecule has 0 aliphatic rings. The Morgan fingerprint density at radius 3 is 1.82 bits per heavy atom. The van der Waals surface area contributed by atoms with Crippen molar-refractivity contribution in [2.24, 2.45) is 0 Å². The molecule has 0 amide bonds. The minimum Gasteiger partial charge on any atom is -0.329 e. The van der Waals surface area contributed by atoms with Crippen LogP contribution in [0.2, 0.25) is 0 Å². The highest BCUT2D eigenvalue weighted by molar-refractivity contribution is 4.69. The van der Waals surface area contributed by atoms with Gasteiger partial charge >= 0.3 is 0 Å². The van der Waals surface area contributed by atoms with Gasteiger partial charge in [-0.3, -0.25) is 0 Å². The van der Waals surface area contributed by atoms with E-state index in [4.69, 9.17) is 0 Å². The quantitative estimate of drug-likeness (QED) is 0.373. The maximum absolute atomic E-state index is 3.50. The molecule has 0 heterocycles. The van der Waals surface area contributed by atoms with E-state index in [1.54, 1.807) is 12.3 Å². The molecule has 0 saturated carbocycles. The van der Waals surface area contributed by atoms with Crippen LogP contribution in [0.25, 0.3) is 0 Å². The fourth-order valence-electron chi connectivity index (χ4n) is 0.203. The van der Waals surface area contributed by atoms with Gasteiger partial charge in [0.25, 0.3) is 0 Å². The van der Waals surface area contributed by atoms with Crippen molar-refractivity contribution in [3.8, 4) is 0 Å². The molecule has 0 bridgehead atoms. The van der Waals surface area contributed by atoms with Crippen molar-refractivity contribution in [2.75, 3.05) is 6.54 Å². The van der Waals surface area contributed by atoms with Gasteiger partial charge in [-0.1, -0.05) is 40.3 Å². The zero-order valence-electron chi connectivity index (χ0n) is 8.28. The van der Waals surface area contributed by atoms with Crippen LogP contribution >= 0.6 is 0 Å². The summed E-state index contributed by atoms with van der Waals surface area (Å²) in [5.41, 5.74) is 5.49. The molecule has 0 aromatic carbocycles. The fourth-order valence-corrected chi connectivity index (χ4v) is 0.203. The van der Waals surface area contributed by atoms with E-state index in [0.717, 1.165) is 6.54 Å². The average molecular weight is 158 g/mol. The maximum atomic E-state index is 3.50. The molecule has 0 aliphatic carbocycles. The lowest BCUT2D eigenvalue weighted by Crippen LogP contribution is -2.25.